The number of rotatable bonds is 4. The van der Waals surface area contributed by atoms with Crippen molar-refractivity contribution >= 4 is 5.82 Å². The Balaban J connectivity index is 2.34. The Morgan fingerprint density at radius 1 is 1.33 bits per heavy atom. The van der Waals surface area contributed by atoms with Crippen molar-refractivity contribution in [1.29, 1.82) is 0 Å². The van der Waals surface area contributed by atoms with Crippen LogP contribution in [0.1, 0.15) is 63.8 Å². The Hall–Kier alpha value is -1.09. The van der Waals surface area contributed by atoms with Gasteiger partial charge in [0.1, 0.15) is 5.82 Å². The first kappa shape index (κ1) is 16.3. The van der Waals surface area contributed by atoms with Crippen molar-refractivity contribution in [2.45, 2.75) is 78.9 Å². The average molecular weight is 289 g/mol. The van der Waals surface area contributed by atoms with Gasteiger partial charge in [0.15, 0.2) is 0 Å². The number of hydrogen-bond donors (Lipinski definition) is 1. The lowest BCUT2D eigenvalue weighted by Crippen LogP contribution is -2.37. The molecule has 1 aromatic heterocycles. The van der Waals surface area contributed by atoms with Crippen LogP contribution < -0.4 is 10.2 Å². The van der Waals surface area contributed by atoms with Crippen molar-refractivity contribution < 1.29 is 0 Å². The van der Waals surface area contributed by atoms with Crippen molar-refractivity contribution in [2.75, 3.05) is 11.4 Å². The van der Waals surface area contributed by atoms with Gasteiger partial charge in [-0.15, -0.1) is 0 Å². The molecule has 1 fully saturated rings. The molecule has 118 valence electrons. The van der Waals surface area contributed by atoms with E-state index >= 15 is 0 Å². The summed E-state index contributed by atoms with van der Waals surface area (Å²) in [5.74, 6) is 1.22. The Morgan fingerprint density at radius 3 is 2.67 bits per heavy atom. The maximum absolute atomic E-state index is 4.90. The largest absolute Gasteiger partial charge is 0.353 e. The van der Waals surface area contributed by atoms with Gasteiger partial charge < -0.3 is 10.2 Å². The summed E-state index contributed by atoms with van der Waals surface area (Å²) < 4.78 is 0. The minimum atomic E-state index is 0.129. The molecule has 0 spiro atoms. The molecular weight excluding hydrogens is 258 g/mol. The van der Waals surface area contributed by atoms with E-state index in [2.05, 4.69) is 57.8 Å². The lowest BCUT2D eigenvalue weighted by molar-refractivity contribution is 0.423. The van der Waals surface area contributed by atoms with Crippen molar-refractivity contribution in [1.82, 2.24) is 10.3 Å². The van der Waals surface area contributed by atoms with Gasteiger partial charge in [-0.1, -0.05) is 6.92 Å². The van der Waals surface area contributed by atoms with Gasteiger partial charge in [-0.2, -0.15) is 0 Å². The molecule has 3 heteroatoms. The number of nitrogens with zero attached hydrogens (tertiary/aromatic N) is 2. The van der Waals surface area contributed by atoms with E-state index in [1.165, 1.54) is 36.2 Å². The van der Waals surface area contributed by atoms with Gasteiger partial charge >= 0.3 is 0 Å². The van der Waals surface area contributed by atoms with Crippen molar-refractivity contribution in [3.05, 3.63) is 22.9 Å². The molecule has 1 aliphatic rings. The van der Waals surface area contributed by atoms with Gasteiger partial charge in [0.05, 0.1) is 0 Å². The Bertz CT molecular complexity index is 488. The van der Waals surface area contributed by atoms with Crippen molar-refractivity contribution in [3.63, 3.8) is 0 Å². The summed E-state index contributed by atoms with van der Waals surface area (Å²) in [4.78, 5) is 7.44. The van der Waals surface area contributed by atoms with Gasteiger partial charge in [-0.3, -0.25) is 0 Å². The number of aryl methyl sites for hydroxylation is 2. The van der Waals surface area contributed by atoms with E-state index in [-0.39, 0.29) is 5.54 Å². The van der Waals surface area contributed by atoms with Crippen LogP contribution in [0.3, 0.4) is 0 Å². The van der Waals surface area contributed by atoms with E-state index in [1.807, 2.05) is 0 Å². The summed E-state index contributed by atoms with van der Waals surface area (Å²) >= 11 is 0. The third-order valence-corrected chi connectivity index (χ3v) is 4.37. The Kier molecular flexibility index (Phi) is 4.92. The topological polar surface area (TPSA) is 28.2 Å². The van der Waals surface area contributed by atoms with Crippen molar-refractivity contribution in [3.8, 4) is 0 Å². The average Bonchev–Trinajstić information content (AvgIpc) is 2.83. The predicted molar refractivity (Wildman–Crippen MR) is 91.0 cm³/mol. The number of hydrogen-bond acceptors (Lipinski definition) is 3. The Labute approximate surface area is 130 Å². The number of nitrogens with one attached hydrogen (secondary N) is 1. The van der Waals surface area contributed by atoms with Crippen LogP contribution in [-0.2, 0) is 6.54 Å². The quantitative estimate of drug-likeness (QED) is 0.909. The molecule has 1 unspecified atom stereocenters. The maximum atomic E-state index is 4.90. The normalized spacial score (nSPS) is 19.3. The first-order chi connectivity index (χ1) is 9.81. The van der Waals surface area contributed by atoms with Gasteiger partial charge in [0.2, 0.25) is 0 Å². The minimum absolute atomic E-state index is 0.129. The second-order valence-electron chi connectivity index (χ2n) is 7.38. The first-order valence-corrected chi connectivity index (χ1v) is 8.30. The van der Waals surface area contributed by atoms with Crippen LogP contribution in [0, 0.1) is 13.8 Å². The summed E-state index contributed by atoms with van der Waals surface area (Å²) in [5, 5.41) is 3.63. The summed E-state index contributed by atoms with van der Waals surface area (Å²) in [6.45, 7) is 15.3. The van der Waals surface area contributed by atoms with Gasteiger partial charge in [0.25, 0.3) is 0 Å². The lowest BCUT2D eigenvalue weighted by Gasteiger charge is -2.29. The van der Waals surface area contributed by atoms with E-state index in [1.54, 1.807) is 0 Å². The van der Waals surface area contributed by atoms with Gasteiger partial charge in [0, 0.05) is 35.9 Å². The fourth-order valence-electron chi connectivity index (χ4n) is 3.19. The molecule has 1 saturated heterocycles. The Morgan fingerprint density at radius 2 is 2.05 bits per heavy atom. The molecule has 0 aliphatic carbocycles. The third-order valence-electron chi connectivity index (χ3n) is 4.37. The summed E-state index contributed by atoms with van der Waals surface area (Å²) in [5.41, 5.74) is 3.99. The zero-order chi connectivity index (χ0) is 15.6. The fraction of sp³-hybridized carbons (Fsp3) is 0.722. The van der Waals surface area contributed by atoms with Crippen LogP contribution in [0.15, 0.2) is 6.07 Å². The van der Waals surface area contributed by atoms with Gasteiger partial charge in [-0.25, -0.2) is 4.98 Å². The van der Waals surface area contributed by atoms with E-state index in [4.69, 9.17) is 4.98 Å². The van der Waals surface area contributed by atoms with E-state index in [0.717, 1.165) is 18.8 Å². The second-order valence-corrected chi connectivity index (χ2v) is 7.38. The van der Waals surface area contributed by atoms with Crippen LogP contribution in [-0.4, -0.2) is 23.1 Å². The van der Waals surface area contributed by atoms with Crippen LogP contribution in [0.4, 0.5) is 5.82 Å². The molecule has 3 nitrogen and oxygen atoms in total. The molecule has 21 heavy (non-hydrogen) atoms. The lowest BCUT2D eigenvalue weighted by atomic mass is 10.0. The molecule has 1 atom stereocenters. The van der Waals surface area contributed by atoms with Crippen molar-refractivity contribution in [2.24, 2.45) is 0 Å². The standard InChI is InChI=1S/C18H31N3/c1-7-15-9-8-10-21(15)17-16(12-19-18(4,5)6)13(2)11-14(3)20-17/h11,15,19H,7-10,12H2,1-6H3. The van der Waals surface area contributed by atoms with E-state index in [9.17, 15) is 0 Å². The van der Waals surface area contributed by atoms with Gasteiger partial charge in [-0.05, 0) is 65.5 Å². The molecule has 0 radical (unpaired) electrons. The fourth-order valence-corrected chi connectivity index (χ4v) is 3.19. The SMILES string of the molecule is CCC1CCCN1c1nc(C)cc(C)c1CNC(C)(C)C. The highest BCUT2D eigenvalue weighted by atomic mass is 15.2. The highest BCUT2D eigenvalue weighted by Gasteiger charge is 2.27. The minimum Gasteiger partial charge on any atom is -0.353 e. The van der Waals surface area contributed by atoms with E-state index in [0.29, 0.717) is 6.04 Å². The molecule has 0 bridgehead atoms. The van der Waals surface area contributed by atoms with Crippen LogP contribution in [0.5, 0.6) is 0 Å². The smallest absolute Gasteiger partial charge is 0.133 e. The summed E-state index contributed by atoms with van der Waals surface area (Å²) in [7, 11) is 0. The molecule has 0 amide bonds. The summed E-state index contributed by atoms with van der Waals surface area (Å²) in [6.07, 6.45) is 3.80. The van der Waals surface area contributed by atoms with E-state index < -0.39 is 0 Å². The molecule has 0 aromatic carbocycles. The molecule has 0 saturated carbocycles. The number of anilines is 1. The first-order valence-electron chi connectivity index (χ1n) is 8.30. The summed E-state index contributed by atoms with van der Waals surface area (Å²) in [6, 6.07) is 2.87. The highest BCUT2D eigenvalue weighted by molar-refractivity contribution is 5.53. The number of pyridine rings is 1. The zero-order valence-electron chi connectivity index (χ0n) is 14.6. The van der Waals surface area contributed by atoms with Crippen LogP contribution in [0.2, 0.25) is 0 Å². The molecule has 1 aliphatic heterocycles. The molecule has 1 N–H and O–H groups in total. The maximum Gasteiger partial charge on any atom is 0.133 e. The second kappa shape index (κ2) is 6.35. The highest BCUT2D eigenvalue weighted by Crippen LogP contribution is 2.30. The molecule has 2 rings (SSSR count). The molecular formula is C18H31N3. The monoisotopic (exact) mass is 289 g/mol. The number of aromatic nitrogens is 1. The van der Waals surface area contributed by atoms with Crippen LogP contribution >= 0.6 is 0 Å². The zero-order valence-corrected chi connectivity index (χ0v) is 14.6. The predicted octanol–water partition coefficient (Wildman–Crippen LogP) is 3.97. The third kappa shape index (κ3) is 3.97. The molecule has 2 heterocycles. The van der Waals surface area contributed by atoms with Crippen LogP contribution in [0.25, 0.3) is 0 Å². The molecule has 1 aromatic rings.